The molecule has 43 heavy (non-hydrogen) atoms. The third-order valence-corrected chi connectivity index (χ3v) is 9.13. The van der Waals surface area contributed by atoms with Gasteiger partial charge in [-0.1, -0.05) is 36.9 Å². The van der Waals surface area contributed by atoms with Crippen LogP contribution in [0.15, 0.2) is 48.8 Å². The zero-order valence-corrected chi connectivity index (χ0v) is 24.9. The molecule has 0 unspecified atom stereocenters. The van der Waals surface area contributed by atoms with Crippen LogP contribution in [0.3, 0.4) is 0 Å². The molecule has 0 spiro atoms. The van der Waals surface area contributed by atoms with Crippen molar-refractivity contribution in [2.75, 3.05) is 56.2 Å². The third kappa shape index (κ3) is 5.74. The molecule has 1 aromatic heterocycles. The largest absolute Gasteiger partial charge is 0.462 e. The van der Waals surface area contributed by atoms with Crippen molar-refractivity contribution in [2.45, 2.75) is 51.2 Å². The molecule has 3 aliphatic rings. The minimum Gasteiger partial charge on any atom is -0.462 e. The van der Waals surface area contributed by atoms with Crippen LogP contribution in [-0.2, 0) is 17.8 Å². The van der Waals surface area contributed by atoms with E-state index in [1.807, 2.05) is 0 Å². The molecule has 0 bridgehead atoms. The van der Waals surface area contributed by atoms with Crippen LogP contribution in [-0.4, -0.2) is 84.1 Å². The SMILES string of the molecule is C=C(F)C(=O)N1CCN(c2nc(OC[C@@H]3CCCN3C)nc3c2CCN(c2cccc4cccc([11CH3])c24)C3)C[C@@H]1CC#N. The van der Waals surface area contributed by atoms with Gasteiger partial charge < -0.3 is 24.3 Å². The lowest BCUT2D eigenvalue weighted by atomic mass is 9.93. The van der Waals surface area contributed by atoms with Crippen LogP contribution in [0.1, 0.15) is 36.1 Å². The number of ether oxygens (including phenoxy) is 1. The van der Waals surface area contributed by atoms with Gasteiger partial charge in [0.05, 0.1) is 30.8 Å². The van der Waals surface area contributed by atoms with Crippen molar-refractivity contribution >= 4 is 28.2 Å². The fourth-order valence-electron chi connectivity index (χ4n) is 6.80. The summed E-state index contributed by atoms with van der Waals surface area (Å²) >= 11 is 0. The van der Waals surface area contributed by atoms with E-state index in [1.165, 1.54) is 26.9 Å². The summed E-state index contributed by atoms with van der Waals surface area (Å²) in [6.45, 7) is 9.41. The van der Waals surface area contributed by atoms with Gasteiger partial charge in [0.1, 0.15) is 12.4 Å². The van der Waals surface area contributed by atoms with E-state index in [9.17, 15) is 14.4 Å². The monoisotopic (exact) mass is 582 g/mol. The number of nitriles is 1. The molecule has 2 atom stereocenters. The number of anilines is 2. The molecule has 0 saturated carbocycles. The summed E-state index contributed by atoms with van der Waals surface area (Å²) in [7, 11) is 2.12. The number of hydrogen-bond donors (Lipinski definition) is 0. The summed E-state index contributed by atoms with van der Waals surface area (Å²) in [6.07, 6.45) is 3.05. The van der Waals surface area contributed by atoms with Gasteiger partial charge in [-0.05, 0) is 56.8 Å². The number of carbonyl (C=O) groups excluding carboxylic acids is 1. The van der Waals surface area contributed by atoms with Crippen LogP contribution in [0.25, 0.3) is 10.8 Å². The molecule has 9 nitrogen and oxygen atoms in total. The Kier molecular flexibility index (Phi) is 8.17. The van der Waals surface area contributed by atoms with Crippen molar-refractivity contribution in [3.8, 4) is 12.1 Å². The van der Waals surface area contributed by atoms with Crippen molar-refractivity contribution in [2.24, 2.45) is 0 Å². The second-order valence-electron chi connectivity index (χ2n) is 11.8. The number of halogens is 1. The normalized spacial score (nSPS) is 20.7. The van der Waals surface area contributed by atoms with Gasteiger partial charge in [-0.2, -0.15) is 15.2 Å². The molecule has 2 aromatic carbocycles. The predicted octanol–water partition coefficient (Wildman–Crippen LogP) is 4.39. The van der Waals surface area contributed by atoms with Crippen LogP contribution in [0.5, 0.6) is 6.01 Å². The number of nitrogens with zero attached hydrogens (tertiary/aromatic N) is 7. The van der Waals surface area contributed by atoms with Crippen molar-refractivity contribution in [1.29, 1.82) is 5.26 Å². The molecule has 3 aliphatic heterocycles. The molecule has 2 fully saturated rings. The molecular weight excluding hydrogens is 544 g/mol. The Morgan fingerprint density at radius 1 is 1.12 bits per heavy atom. The highest BCUT2D eigenvalue weighted by Crippen LogP contribution is 2.36. The number of piperazine rings is 1. The zero-order valence-electron chi connectivity index (χ0n) is 24.9. The zero-order chi connectivity index (χ0) is 30.1. The molecule has 0 aliphatic carbocycles. The Labute approximate surface area is 252 Å². The summed E-state index contributed by atoms with van der Waals surface area (Å²) in [5.41, 5.74) is 4.40. The number of rotatable bonds is 7. The fraction of sp³-hybridized carbons (Fsp3) is 0.455. The van der Waals surface area contributed by atoms with E-state index >= 15 is 0 Å². The number of aromatic nitrogens is 2. The van der Waals surface area contributed by atoms with Gasteiger partial charge >= 0.3 is 6.01 Å². The van der Waals surface area contributed by atoms with Gasteiger partial charge in [-0.3, -0.25) is 4.79 Å². The van der Waals surface area contributed by atoms with Crippen molar-refractivity contribution in [3.63, 3.8) is 0 Å². The molecule has 4 heterocycles. The predicted molar refractivity (Wildman–Crippen MR) is 165 cm³/mol. The topological polar surface area (TPSA) is 88.8 Å². The molecule has 2 saturated heterocycles. The molecule has 10 heteroatoms. The van der Waals surface area contributed by atoms with Crippen molar-refractivity contribution in [1.82, 2.24) is 19.8 Å². The Morgan fingerprint density at radius 2 is 1.93 bits per heavy atom. The van der Waals surface area contributed by atoms with E-state index in [4.69, 9.17) is 14.7 Å². The molecule has 0 radical (unpaired) electrons. The number of amides is 1. The van der Waals surface area contributed by atoms with E-state index in [1.54, 1.807) is 0 Å². The Balaban J connectivity index is 1.34. The third-order valence-electron chi connectivity index (χ3n) is 9.13. The van der Waals surface area contributed by atoms with Crippen molar-refractivity contribution in [3.05, 3.63) is 65.6 Å². The number of likely N-dealkylation sites (N-methyl/N-ethyl adjacent to an activating group) is 1. The Hall–Kier alpha value is -4.23. The molecule has 6 rings (SSSR count). The maximum Gasteiger partial charge on any atom is 0.318 e. The van der Waals surface area contributed by atoms with Crippen LogP contribution < -0.4 is 14.5 Å². The van der Waals surface area contributed by atoms with Gasteiger partial charge in [-0.15, -0.1) is 0 Å². The van der Waals surface area contributed by atoms with Crippen molar-refractivity contribution < 1.29 is 13.9 Å². The first-order chi connectivity index (χ1) is 20.8. The molecule has 224 valence electrons. The lowest BCUT2D eigenvalue weighted by molar-refractivity contribution is -0.131. The minimum atomic E-state index is -1.01. The maximum atomic E-state index is 13.8. The minimum absolute atomic E-state index is 0.0916. The van der Waals surface area contributed by atoms with E-state index in [2.05, 4.69) is 77.7 Å². The van der Waals surface area contributed by atoms with Gasteiger partial charge in [0.15, 0.2) is 5.83 Å². The highest BCUT2D eigenvalue weighted by molar-refractivity contribution is 5.97. The van der Waals surface area contributed by atoms with Gasteiger partial charge in [-0.25, -0.2) is 4.39 Å². The smallest absolute Gasteiger partial charge is 0.318 e. The second-order valence-corrected chi connectivity index (χ2v) is 11.8. The highest BCUT2D eigenvalue weighted by atomic mass is 19.1. The number of fused-ring (bicyclic) bond motifs is 2. The van der Waals surface area contributed by atoms with Gasteiger partial charge in [0, 0.05) is 48.9 Å². The lowest BCUT2D eigenvalue weighted by Gasteiger charge is -2.42. The van der Waals surface area contributed by atoms with Gasteiger partial charge in [0.2, 0.25) is 0 Å². The second kappa shape index (κ2) is 12.2. The summed E-state index contributed by atoms with van der Waals surface area (Å²) < 4.78 is 20.1. The van der Waals surface area contributed by atoms with Crippen LogP contribution in [0.2, 0.25) is 0 Å². The van der Waals surface area contributed by atoms with E-state index in [-0.39, 0.29) is 13.0 Å². The Bertz CT molecular complexity index is 1580. The number of hydrogen-bond acceptors (Lipinski definition) is 8. The van der Waals surface area contributed by atoms with E-state index in [0.29, 0.717) is 38.3 Å². The molecule has 3 aromatic rings. The maximum absolute atomic E-state index is 13.8. The number of carbonyl (C=O) groups is 1. The summed E-state index contributed by atoms with van der Waals surface area (Å²) in [5.74, 6) is -0.981. The molecular formula is C33H38FN7O2. The Morgan fingerprint density at radius 3 is 2.67 bits per heavy atom. The summed E-state index contributed by atoms with van der Waals surface area (Å²) in [5, 5.41) is 12.0. The fourth-order valence-corrected chi connectivity index (χ4v) is 6.80. The van der Waals surface area contributed by atoms with Crippen LogP contribution in [0.4, 0.5) is 15.9 Å². The number of benzene rings is 2. The number of likely N-dealkylation sites (tertiary alicyclic amines) is 1. The average molecular weight is 583 g/mol. The first-order valence-electron chi connectivity index (χ1n) is 15.1. The van der Waals surface area contributed by atoms with E-state index in [0.717, 1.165) is 49.4 Å². The summed E-state index contributed by atoms with van der Waals surface area (Å²) in [6, 6.07) is 15.2. The standard InChI is InChI=1S/C33H38FN7O2/c1-22-7-4-8-24-9-5-11-29(30(22)24)39-16-13-27-28(20-39)36-33(43-21-26-10-6-15-38(26)3)37-31(27)40-17-18-41(32(42)23(2)34)25(19-40)12-14-35/h4-5,7-9,11,25-26H,2,6,10,12-13,15-21H2,1,3H3/t25-,26-/m0/s1/i1-1. The summed E-state index contributed by atoms with van der Waals surface area (Å²) in [4.78, 5) is 30.6. The number of aryl methyl sites for hydroxylation is 1. The first-order valence-corrected chi connectivity index (χ1v) is 15.1. The molecule has 1 amide bonds. The van der Waals surface area contributed by atoms with Crippen LogP contribution in [0, 0.1) is 18.3 Å². The lowest BCUT2D eigenvalue weighted by Crippen LogP contribution is -2.55. The average Bonchev–Trinajstić information content (AvgIpc) is 3.43. The first kappa shape index (κ1) is 28.9. The van der Waals surface area contributed by atoms with Gasteiger partial charge in [0.25, 0.3) is 5.91 Å². The quantitative estimate of drug-likeness (QED) is 0.379. The highest BCUT2D eigenvalue weighted by Gasteiger charge is 2.35. The van der Waals surface area contributed by atoms with Crippen LogP contribution >= 0.6 is 0 Å². The van der Waals surface area contributed by atoms with E-state index < -0.39 is 17.8 Å². The molecule has 0 N–H and O–H groups in total.